The normalized spacial score (nSPS) is 19.3. The SMILES string of the molecule is CCN(C1CC1)C(CC(=O)O)C(F)(F)F. The van der Waals surface area contributed by atoms with Crippen LogP contribution in [0.5, 0.6) is 0 Å². The van der Waals surface area contributed by atoms with Crippen molar-refractivity contribution in [3.05, 3.63) is 0 Å². The molecule has 1 atom stereocenters. The van der Waals surface area contributed by atoms with Crippen LogP contribution in [0.2, 0.25) is 0 Å². The first kappa shape index (κ1) is 12.3. The van der Waals surface area contributed by atoms with E-state index in [-0.39, 0.29) is 12.6 Å². The van der Waals surface area contributed by atoms with E-state index < -0.39 is 24.6 Å². The van der Waals surface area contributed by atoms with Gasteiger partial charge in [-0.25, -0.2) is 0 Å². The van der Waals surface area contributed by atoms with Gasteiger partial charge in [0.15, 0.2) is 0 Å². The zero-order valence-corrected chi connectivity index (χ0v) is 8.42. The number of carbonyl (C=O) groups is 1. The average Bonchev–Trinajstić information content (AvgIpc) is 2.85. The fraction of sp³-hybridized carbons (Fsp3) is 0.889. The second kappa shape index (κ2) is 4.38. The third-order valence-corrected chi connectivity index (χ3v) is 2.53. The highest BCUT2D eigenvalue weighted by molar-refractivity contribution is 5.67. The van der Waals surface area contributed by atoms with Crippen molar-refractivity contribution in [3.8, 4) is 0 Å². The number of carboxylic acids is 1. The molecule has 6 heteroatoms. The van der Waals surface area contributed by atoms with Gasteiger partial charge in [-0.1, -0.05) is 6.92 Å². The molecule has 0 heterocycles. The van der Waals surface area contributed by atoms with Gasteiger partial charge in [-0.3, -0.25) is 9.69 Å². The Hall–Kier alpha value is -0.780. The number of hydrogen-bond donors (Lipinski definition) is 1. The highest BCUT2D eigenvalue weighted by atomic mass is 19.4. The van der Waals surface area contributed by atoms with E-state index in [0.717, 1.165) is 12.8 Å². The highest BCUT2D eigenvalue weighted by Gasteiger charge is 2.48. The fourth-order valence-corrected chi connectivity index (χ4v) is 1.73. The summed E-state index contributed by atoms with van der Waals surface area (Å²) in [6, 6.07) is -1.92. The van der Waals surface area contributed by atoms with Crippen molar-refractivity contribution in [1.29, 1.82) is 0 Å². The molecule has 0 radical (unpaired) electrons. The Morgan fingerprint density at radius 2 is 2.07 bits per heavy atom. The number of aliphatic carboxylic acids is 1. The van der Waals surface area contributed by atoms with Gasteiger partial charge in [0.1, 0.15) is 6.04 Å². The van der Waals surface area contributed by atoms with Crippen LogP contribution >= 0.6 is 0 Å². The number of alkyl halides is 3. The van der Waals surface area contributed by atoms with Crippen LogP contribution in [0, 0.1) is 0 Å². The van der Waals surface area contributed by atoms with Gasteiger partial charge in [0.25, 0.3) is 0 Å². The maximum Gasteiger partial charge on any atom is 0.404 e. The number of nitrogens with zero attached hydrogens (tertiary/aromatic N) is 1. The van der Waals surface area contributed by atoms with E-state index in [0.29, 0.717) is 0 Å². The molecule has 1 saturated carbocycles. The molecule has 15 heavy (non-hydrogen) atoms. The smallest absolute Gasteiger partial charge is 0.404 e. The van der Waals surface area contributed by atoms with Crippen molar-refractivity contribution in [1.82, 2.24) is 4.90 Å². The molecule has 88 valence electrons. The van der Waals surface area contributed by atoms with Gasteiger partial charge in [0.2, 0.25) is 0 Å². The minimum atomic E-state index is -4.46. The molecule has 1 unspecified atom stereocenters. The molecule has 1 rings (SSSR count). The largest absolute Gasteiger partial charge is 0.481 e. The molecule has 0 spiro atoms. The molecule has 0 bridgehead atoms. The first-order valence-electron chi connectivity index (χ1n) is 4.90. The Labute approximate surface area is 85.9 Å². The molecule has 0 saturated heterocycles. The van der Waals surface area contributed by atoms with Crippen molar-refractivity contribution < 1.29 is 23.1 Å². The van der Waals surface area contributed by atoms with E-state index in [4.69, 9.17) is 5.11 Å². The van der Waals surface area contributed by atoms with Crippen LogP contribution in [0.15, 0.2) is 0 Å². The molecule has 1 fully saturated rings. The lowest BCUT2D eigenvalue weighted by atomic mass is 10.1. The third kappa shape index (κ3) is 3.37. The number of hydrogen-bond acceptors (Lipinski definition) is 2. The molecular weight excluding hydrogens is 211 g/mol. The zero-order valence-electron chi connectivity index (χ0n) is 8.42. The Balaban J connectivity index is 2.73. The molecule has 1 N–H and O–H groups in total. The van der Waals surface area contributed by atoms with Crippen LogP contribution in [0.25, 0.3) is 0 Å². The molecule has 1 aliphatic carbocycles. The second-order valence-corrected chi connectivity index (χ2v) is 3.72. The van der Waals surface area contributed by atoms with Crippen molar-refractivity contribution in [3.63, 3.8) is 0 Å². The van der Waals surface area contributed by atoms with E-state index in [2.05, 4.69) is 0 Å². The van der Waals surface area contributed by atoms with Gasteiger partial charge in [-0.05, 0) is 19.4 Å². The summed E-state index contributed by atoms with van der Waals surface area (Å²) in [5.41, 5.74) is 0. The van der Waals surface area contributed by atoms with Gasteiger partial charge >= 0.3 is 12.1 Å². The van der Waals surface area contributed by atoms with Crippen molar-refractivity contribution >= 4 is 5.97 Å². The van der Waals surface area contributed by atoms with Crippen LogP contribution in [0.4, 0.5) is 13.2 Å². The first-order valence-corrected chi connectivity index (χ1v) is 4.90. The van der Waals surface area contributed by atoms with E-state index in [1.165, 1.54) is 4.90 Å². The zero-order chi connectivity index (χ0) is 11.6. The molecule has 3 nitrogen and oxygen atoms in total. The predicted octanol–water partition coefficient (Wildman–Crippen LogP) is 1.88. The number of halogens is 3. The number of rotatable bonds is 5. The van der Waals surface area contributed by atoms with Crippen LogP contribution in [-0.2, 0) is 4.79 Å². The summed E-state index contributed by atoms with van der Waals surface area (Å²) in [6.07, 6.45) is -3.86. The summed E-state index contributed by atoms with van der Waals surface area (Å²) in [5, 5.41) is 8.47. The third-order valence-electron chi connectivity index (χ3n) is 2.53. The molecule has 0 aromatic rings. The molecule has 0 aromatic heterocycles. The lowest BCUT2D eigenvalue weighted by molar-refractivity contribution is -0.191. The Bertz CT molecular complexity index is 238. The summed E-state index contributed by atoms with van der Waals surface area (Å²) < 4.78 is 37.8. The van der Waals surface area contributed by atoms with Crippen LogP contribution in [0.1, 0.15) is 26.2 Å². The van der Waals surface area contributed by atoms with Gasteiger partial charge in [-0.2, -0.15) is 13.2 Å². The monoisotopic (exact) mass is 225 g/mol. The van der Waals surface area contributed by atoms with E-state index in [1.807, 2.05) is 0 Å². The lowest BCUT2D eigenvalue weighted by Gasteiger charge is -2.31. The number of carboxylic acid groups (broad SMARTS) is 1. The highest BCUT2D eigenvalue weighted by Crippen LogP contribution is 2.35. The van der Waals surface area contributed by atoms with Crippen molar-refractivity contribution in [2.45, 2.75) is 44.4 Å². The fourth-order valence-electron chi connectivity index (χ4n) is 1.73. The molecule has 0 amide bonds. The molecule has 1 aliphatic rings. The summed E-state index contributed by atoms with van der Waals surface area (Å²) in [7, 11) is 0. The van der Waals surface area contributed by atoms with E-state index in [1.54, 1.807) is 6.92 Å². The van der Waals surface area contributed by atoms with Crippen LogP contribution in [0.3, 0.4) is 0 Å². The van der Waals surface area contributed by atoms with E-state index in [9.17, 15) is 18.0 Å². The Morgan fingerprint density at radius 1 is 1.53 bits per heavy atom. The van der Waals surface area contributed by atoms with Gasteiger partial charge in [0, 0.05) is 6.04 Å². The summed E-state index contributed by atoms with van der Waals surface area (Å²) in [4.78, 5) is 11.6. The summed E-state index contributed by atoms with van der Waals surface area (Å²) >= 11 is 0. The summed E-state index contributed by atoms with van der Waals surface area (Å²) in [6.45, 7) is 1.86. The van der Waals surface area contributed by atoms with Crippen molar-refractivity contribution in [2.24, 2.45) is 0 Å². The van der Waals surface area contributed by atoms with Crippen LogP contribution < -0.4 is 0 Å². The minimum absolute atomic E-state index is 0.0824. The van der Waals surface area contributed by atoms with Gasteiger partial charge < -0.3 is 5.11 Å². The van der Waals surface area contributed by atoms with Crippen LogP contribution in [-0.4, -0.2) is 40.8 Å². The maximum atomic E-state index is 12.6. The summed E-state index contributed by atoms with van der Waals surface area (Å²) in [5.74, 6) is -1.41. The molecule has 0 aromatic carbocycles. The first-order chi connectivity index (χ1) is 6.86. The van der Waals surface area contributed by atoms with Gasteiger partial charge in [-0.15, -0.1) is 0 Å². The van der Waals surface area contributed by atoms with Gasteiger partial charge in [0.05, 0.1) is 6.42 Å². The lowest BCUT2D eigenvalue weighted by Crippen LogP contribution is -2.48. The van der Waals surface area contributed by atoms with Crippen molar-refractivity contribution in [2.75, 3.05) is 6.54 Å². The molecule has 0 aliphatic heterocycles. The quantitative estimate of drug-likeness (QED) is 0.776. The Morgan fingerprint density at radius 3 is 2.33 bits per heavy atom. The average molecular weight is 225 g/mol. The standard InChI is InChI=1S/C9H14F3NO2/c1-2-13(6-3-4-6)7(5-8(14)15)9(10,11)12/h6-7H,2-5H2,1H3,(H,14,15). The topological polar surface area (TPSA) is 40.5 Å². The predicted molar refractivity (Wildman–Crippen MR) is 47.5 cm³/mol. The second-order valence-electron chi connectivity index (χ2n) is 3.72. The molecular formula is C9H14F3NO2. The minimum Gasteiger partial charge on any atom is -0.481 e. The maximum absolute atomic E-state index is 12.6. The Kier molecular flexibility index (Phi) is 3.59. The van der Waals surface area contributed by atoms with E-state index >= 15 is 0 Å².